The van der Waals surface area contributed by atoms with Crippen molar-refractivity contribution in [3.05, 3.63) is 71.3 Å². The molecule has 2 rings (SSSR count). The summed E-state index contributed by atoms with van der Waals surface area (Å²) in [5.74, 6) is -1.63. The van der Waals surface area contributed by atoms with Gasteiger partial charge in [-0.1, -0.05) is 43.3 Å². The van der Waals surface area contributed by atoms with Gasteiger partial charge in [0.2, 0.25) is 0 Å². The molecule has 3 heteroatoms. The van der Waals surface area contributed by atoms with Gasteiger partial charge >= 0.3 is 0 Å². The van der Waals surface area contributed by atoms with E-state index in [0.717, 1.165) is 18.1 Å². The molecule has 0 aliphatic rings. The fraction of sp³-hybridized carbons (Fsp3) is 0.250. The molecular formula is C16H15ClF2. The van der Waals surface area contributed by atoms with Crippen LogP contribution in [-0.2, 0) is 0 Å². The third-order valence-electron chi connectivity index (χ3n) is 3.28. The highest BCUT2D eigenvalue weighted by Crippen LogP contribution is 2.38. The van der Waals surface area contributed by atoms with E-state index >= 15 is 0 Å². The molecule has 2 aromatic carbocycles. The van der Waals surface area contributed by atoms with Gasteiger partial charge in [-0.25, -0.2) is 8.78 Å². The fourth-order valence-corrected chi connectivity index (χ4v) is 2.69. The van der Waals surface area contributed by atoms with Gasteiger partial charge in [0.15, 0.2) is 11.6 Å². The maximum Gasteiger partial charge on any atom is 0.159 e. The zero-order valence-electron chi connectivity index (χ0n) is 10.6. The van der Waals surface area contributed by atoms with E-state index < -0.39 is 11.6 Å². The van der Waals surface area contributed by atoms with Gasteiger partial charge in [-0.3, -0.25) is 0 Å². The summed E-state index contributed by atoms with van der Waals surface area (Å²) in [7, 11) is 0. The Balaban J connectivity index is 2.30. The Kier molecular flexibility index (Phi) is 4.54. The van der Waals surface area contributed by atoms with Crippen molar-refractivity contribution < 1.29 is 8.78 Å². The number of rotatable bonds is 4. The van der Waals surface area contributed by atoms with Crippen molar-refractivity contribution in [1.29, 1.82) is 0 Å². The Morgan fingerprint density at radius 2 is 1.63 bits per heavy atom. The van der Waals surface area contributed by atoms with Gasteiger partial charge < -0.3 is 0 Å². The molecule has 0 bridgehead atoms. The van der Waals surface area contributed by atoms with E-state index in [-0.39, 0.29) is 11.3 Å². The third kappa shape index (κ3) is 3.13. The van der Waals surface area contributed by atoms with Crippen LogP contribution in [0.15, 0.2) is 48.5 Å². The first-order chi connectivity index (χ1) is 9.13. The van der Waals surface area contributed by atoms with E-state index in [9.17, 15) is 8.78 Å². The van der Waals surface area contributed by atoms with Crippen molar-refractivity contribution in [3.8, 4) is 0 Å². The zero-order valence-corrected chi connectivity index (χ0v) is 11.4. The molecule has 2 atom stereocenters. The Labute approximate surface area is 117 Å². The lowest BCUT2D eigenvalue weighted by Gasteiger charge is -2.22. The Bertz CT molecular complexity index is 540. The SMILES string of the molecule is CCC(c1ccccc1)C(Cl)c1ccc(F)c(F)c1. The van der Waals surface area contributed by atoms with Crippen LogP contribution < -0.4 is 0 Å². The van der Waals surface area contributed by atoms with Gasteiger partial charge in [0, 0.05) is 5.92 Å². The van der Waals surface area contributed by atoms with Gasteiger partial charge in [-0.2, -0.15) is 0 Å². The Morgan fingerprint density at radius 1 is 0.947 bits per heavy atom. The van der Waals surface area contributed by atoms with Crippen molar-refractivity contribution in [2.45, 2.75) is 24.6 Å². The van der Waals surface area contributed by atoms with E-state index in [1.165, 1.54) is 6.07 Å². The quantitative estimate of drug-likeness (QED) is 0.654. The van der Waals surface area contributed by atoms with Gasteiger partial charge in [0.1, 0.15) is 0 Å². The number of hydrogen-bond acceptors (Lipinski definition) is 0. The van der Waals surface area contributed by atoms with Crippen LogP contribution in [0.25, 0.3) is 0 Å². The minimum atomic E-state index is -0.855. The van der Waals surface area contributed by atoms with Gasteiger partial charge in [0.25, 0.3) is 0 Å². The normalized spacial score (nSPS) is 14.1. The highest BCUT2D eigenvalue weighted by molar-refractivity contribution is 6.21. The average Bonchev–Trinajstić information content (AvgIpc) is 2.44. The van der Waals surface area contributed by atoms with Crippen LogP contribution in [0.4, 0.5) is 8.78 Å². The van der Waals surface area contributed by atoms with Crippen LogP contribution in [0.2, 0.25) is 0 Å². The first-order valence-electron chi connectivity index (χ1n) is 6.27. The lowest BCUT2D eigenvalue weighted by atomic mass is 9.89. The molecule has 19 heavy (non-hydrogen) atoms. The van der Waals surface area contributed by atoms with Crippen molar-refractivity contribution in [2.75, 3.05) is 0 Å². The first kappa shape index (κ1) is 14.0. The lowest BCUT2D eigenvalue weighted by molar-refractivity contribution is 0.505. The summed E-state index contributed by atoms with van der Waals surface area (Å²) in [5, 5.41) is -0.373. The molecule has 0 N–H and O–H groups in total. The van der Waals surface area contributed by atoms with Crippen LogP contribution in [0.3, 0.4) is 0 Å². The summed E-state index contributed by atoms with van der Waals surface area (Å²) in [4.78, 5) is 0. The molecule has 0 saturated heterocycles. The Hall–Kier alpha value is -1.41. The minimum absolute atomic E-state index is 0.0766. The fourth-order valence-electron chi connectivity index (χ4n) is 2.23. The Morgan fingerprint density at radius 3 is 2.21 bits per heavy atom. The van der Waals surface area contributed by atoms with Crippen LogP contribution >= 0.6 is 11.6 Å². The summed E-state index contributed by atoms with van der Waals surface area (Å²) in [5.41, 5.74) is 1.71. The second-order valence-corrected chi connectivity index (χ2v) is 4.97. The molecule has 0 spiro atoms. The van der Waals surface area contributed by atoms with E-state index in [1.807, 2.05) is 37.3 Å². The molecule has 2 aromatic rings. The van der Waals surface area contributed by atoms with Gasteiger partial charge in [-0.05, 0) is 29.7 Å². The molecule has 100 valence electrons. The molecule has 0 fully saturated rings. The van der Waals surface area contributed by atoms with Gasteiger partial charge in [0.05, 0.1) is 5.38 Å². The van der Waals surface area contributed by atoms with Crippen LogP contribution in [0.1, 0.15) is 35.8 Å². The first-order valence-corrected chi connectivity index (χ1v) is 6.71. The maximum absolute atomic E-state index is 13.3. The third-order valence-corrected chi connectivity index (χ3v) is 3.84. The number of halogens is 3. The van der Waals surface area contributed by atoms with E-state index in [4.69, 9.17) is 11.6 Å². The van der Waals surface area contributed by atoms with Gasteiger partial charge in [-0.15, -0.1) is 11.6 Å². The van der Waals surface area contributed by atoms with Crippen molar-refractivity contribution in [3.63, 3.8) is 0 Å². The molecule has 0 saturated carbocycles. The van der Waals surface area contributed by atoms with Crippen LogP contribution in [0, 0.1) is 11.6 Å². The second kappa shape index (κ2) is 6.16. The molecule has 0 amide bonds. The van der Waals surface area contributed by atoms with Crippen molar-refractivity contribution in [1.82, 2.24) is 0 Å². The van der Waals surface area contributed by atoms with E-state index in [0.29, 0.717) is 5.56 Å². The van der Waals surface area contributed by atoms with E-state index in [2.05, 4.69) is 0 Å². The smallest absolute Gasteiger partial charge is 0.159 e. The second-order valence-electron chi connectivity index (χ2n) is 4.50. The molecule has 0 aromatic heterocycles. The summed E-state index contributed by atoms with van der Waals surface area (Å²) < 4.78 is 26.2. The largest absolute Gasteiger partial charge is 0.204 e. The summed E-state index contributed by atoms with van der Waals surface area (Å²) in [6.45, 7) is 2.03. The minimum Gasteiger partial charge on any atom is -0.204 e. The monoisotopic (exact) mass is 280 g/mol. The molecule has 0 aliphatic heterocycles. The average molecular weight is 281 g/mol. The molecular weight excluding hydrogens is 266 g/mol. The number of alkyl halides is 1. The highest BCUT2D eigenvalue weighted by atomic mass is 35.5. The topological polar surface area (TPSA) is 0 Å². The number of benzene rings is 2. The van der Waals surface area contributed by atoms with E-state index in [1.54, 1.807) is 6.07 Å². The predicted octanol–water partition coefficient (Wildman–Crippen LogP) is 5.44. The summed E-state index contributed by atoms with van der Waals surface area (Å²) in [6, 6.07) is 13.7. The molecule has 0 heterocycles. The van der Waals surface area contributed by atoms with Crippen LogP contribution in [-0.4, -0.2) is 0 Å². The molecule has 0 nitrogen and oxygen atoms in total. The predicted molar refractivity (Wildman–Crippen MR) is 74.4 cm³/mol. The molecule has 0 radical (unpaired) electrons. The molecule has 2 unspecified atom stereocenters. The summed E-state index contributed by atoms with van der Waals surface area (Å²) in [6.07, 6.45) is 0.831. The molecule has 0 aliphatic carbocycles. The summed E-state index contributed by atoms with van der Waals surface area (Å²) >= 11 is 6.44. The van der Waals surface area contributed by atoms with Crippen molar-refractivity contribution in [2.24, 2.45) is 0 Å². The maximum atomic E-state index is 13.3. The van der Waals surface area contributed by atoms with Crippen LogP contribution in [0.5, 0.6) is 0 Å². The lowest BCUT2D eigenvalue weighted by Crippen LogP contribution is -2.06. The number of hydrogen-bond donors (Lipinski definition) is 0. The van der Waals surface area contributed by atoms with Crippen molar-refractivity contribution >= 4 is 11.6 Å². The standard InChI is InChI=1S/C16H15ClF2/c1-2-13(11-6-4-3-5-7-11)16(17)12-8-9-14(18)15(19)10-12/h3-10,13,16H,2H2,1H3. The zero-order chi connectivity index (χ0) is 13.8. The highest BCUT2D eigenvalue weighted by Gasteiger charge is 2.22.